The molecule has 0 radical (unpaired) electrons. The van der Waals surface area contributed by atoms with E-state index in [-0.39, 0.29) is 46.5 Å². The second kappa shape index (κ2) is 5.80. The van der Waals surface area contributed by atoms with Gasteiger partial charge >= 0.3 is 11.9 Å². The first-order valence-electron chi connectivity index (χ1n) is 11.6. The molecule has 1 atom stereocenters. The highest BCUT2D eigenvalue weighted by Crippen LogP contribution is 3.11. The molecule has 2 aromatic rings. The normalized spacial score (nSPS) is 42.3. The maximum atomic E-state index is 14.6. The number of thiazole rings is 1. The van der Waals surface area contributed by atoms with E-state index in [0.29, 0.717) is 27.7 Å². The first-order valence-corrected chi connectivity index (χ1v) is 12.5. The number of methoxy groups -OCH3 is 1. The number of aromatic nitrogens is 1. The number of carboxylic acid groups (broad SMARTS) is 1. The lowest BCUT2D eigenvalue weighted by Gasteiger charge is -3.10. The number of hydrogen-bond acceptors (Lipinski definition) is 7. The summed E-state index contributed by atoms with van der Waals surface area (Å²) in [6.45, 7) is 1.48. The van der Waals surface area contributed by atoms with Gasteiger partial charge in [0, 0.05) is 22.7 Å². The number of carboxylic acids is 1. The van der Waals surface area contributed by atoms with Gasteiger partial charge in [-0.3, -0.25) is 9.79 Å². The number of aliphatic carboxylic acids is 1. The highest BCUT2D eigenvalue weighted by molar-refractivity contribution is 7.11. The van der Waals surface area contributed by atoms with Gasteiger partial charge in [-0.05, 0) is 59.6 Å². The summed E-state index contributed by atoms with van der Waals surface area (Å²) in [5.74, 6) is -1.64. The second-order valence-corrected chi connectivity index (χ2v) is 11.4. The number of rotatable bonds is 5. The third-order valence-electron chi connectivity index (χ3n) is 10.2. The largest absolute Gasteiger partial charge is 0.481 e. The molecule has 6 saturated carbocycles. The molecule has 0 amide bonds. The number of nitrogens with one attached hydrogen (secondary N) is 1. The van der Waals surface area contributed by atoms with Crippen LogP contribution in [0.2, 0.25) is 0 Å². The number of ether oxygens (including phenoxy) is 1. The fraction of sp³-hybridized carbons (Fsp3) is 0.440. The monoisotopic (exact) mass is 495 g/mol. The van der Waals surface area contributed by atoms with Crippen molar-refractivity contribution in [3.05, 3.63) is 62.7 Å². The number of allylic oxidation sites excluding steroid dienone is 1. The van der Waals surface area contributed by atoms with Gasteiger partial charge in [0.05, 0.1) is 18.1 Å². The molecule has 178 valence electrons. The zero-order chi connectivity index (χ0) is 24.2. The number of esters is 1. The molecular formula is C25H19F2N3O4S. The van der Waals surface area contributed by atoms with Crippen molar-refractivity contribution in [2.45, 2.75) is 13.0 Å². The maximum Gasteiger partial charge on any atom is 0.338 e. The molecule has 10 heteroatoms. The number of amidine groups is 1. The summed E-state index contributed by atoms with van der Waals surface area (Å²) in [7, 11) is 1.29. The Kier molecular flexibility index (Phi) is 3.33. The molecule has 1 aromatic heterocycles. The number of benzene rings is 1. The van der Waals surface area contributed by atoms with Gasteiger partial charge in [0.1, 0.15) is 6.04 Å². The van der Waals surface area contributed by atoms with Crippen LogP contribution in [0.4, 0.5) is 8.78 Å². The molecule has 7 nitrogen and oxygen atoms in total. The summed E-state index contributed by atoms with van der Waals surface area (Å²) >= 11 is 1.38. The molecule has 9 rings (SSSR count). The average molecular weight is 496 g/mol. The number of carbonyl (C=O) groups excluding carboxylic acids is 1. The lowest BCUT2D eigenvalue weighted by Crippen LogP contribution is -3.11. The minimum atomic E-state index is -0.974. The summed E-state index contributed by atoms with van der Waals surface area (Å²) in [5.41, 5.74) is 0.618. The van der Waals surface area contributed by atoms with E-state index in [1.807, 2.05) is 5.38 Å². The number of aliphatic imine (C=N–C) groups is 1. The Morgan fingerprint density at radius 3 is 2.40 bits per heavy atom. The van der Waals surface area contributed by atoms with Crippen LogP contribution in [-0.2, 0) is 14.3 Å². The van der Waals surface area contributed by atoms with E-state index < -0.39 is 35.0 Å². The Morgan fingerprint density at radius 2 is 1.83 bits per heavy atom. The zero-order valence-corrected chi connectivity index (χ0v) is 19.4. The summed E-state index contributed by atoms with van der Waals surface area (Å²) < 4.78 is 33.8. The average Bonchev–Trinajstić information content (AvgIpc) is 3.41. The SMILES string of the molecule is COC(=O)C1=C(C23C4C5C2C2C3C4C52C(=O)O)NC(c2nccs2)=NC1c1ccc(F)c(F)c1C. The Labute approximate surface area is 201 Å². The van der Waals surface area contributed by atoms with Crippen molar-refractivity contribution in [3.63, 3.8) is 0 Å². The van der Waals surface area contributed by atoms with Gasteiger partial charge in [-0.15, -0.1) is 11.3 Å². The van der Waals surface area contributed by atoms with Gasteiger partial charge in [0.25, 0.3) is 0 Å². The summed E-state index contributed by atoms with van der Waals surface area (Å²) in [4.78, 5) is 34.4. The van der Waals surface area contributed by atoms with E-state index >= 15 is 0 Å². The molecule has 7 aliphatic rings. The van der Waals surface area contributed by atoms with Gasteiger partial charge in [0.2, 0.25) is 0 Å². The van der Waals surface area contributed by atoms with Crippen LogP contribution in [0.1, 0.15) is 22.2 Å². The fourth-order valence-corrected chi connectivity index (χ4v) is 9.89. The fourth-order valence-electron chi connectivity index (χ4n) is 9.31. The number of nitrogens with zero attached hydrogens (tertiary/aromatic N) is 2. The zero-order valence-electron chi connectivity index (χ0n) is 18.6. The predicted octanol–water partition coefficient (Wildman–Crippen LogP) is 3.07. The molecule has 35 heavy (non-hydrogen) atoms. The van der Waals surface area contributed by atoms with Crippen molar-refractivity contribution >= 4 is 29.1 Å². The molecule has 2 N–H and O–H groups in total. The first-order chi connectivity index (χ1) is 16.8. The van der Waals surface area contributed by atoms with E-state index in [2.05, 4.69) is 10.3 Å². The highest BCUT2D eigenvalue weighted by Gasteiger charge is 3.12. The van der Waals surface area contributed by atoms with Crippen LogP contribution in [0.15, 0.2) is 40.0 Å². The summed E-state index contributed by atoms with van der Waals surface area (Å²) in [5, 5.41) is 15.7. The van der Waals surface area contributed by atoms with Crippen molar-refractivity contribution in [1.29, 1.82) is 0 Å². The molecule has 0 saturated heterocycles. The van der Waals surface area contributed by atoms with E-state index in [9.17, 15) is 23.5 Å². The summed E-state index contributed by atoms with van der Waals surface area (Å²) in [6.07, 6.45) is 1.65. The molecule has 1 aliphatic heterocycles. The molecule has 1 unspecified atom stereocenters. The molecule has 6 aliphatic carbocycles. The molecule has 0 spiro atoms. The number of halogens is 2. The summed E-state index contributed by atoms with van der Waals surface area (Å²) in [6, 6.07) is 1.61. The Hall–Kier alpha value is -3.14. The van der Waals surface area contributed by atoms with Crippen LogP contribution >= 0.6 is 11.3 Å². The third kappa shape index (κ3) is 1.70. The van der Waals surface area contributed by atoms with Gasteiger partial charge in [-0.25, -0.2) is 18.6 Å². The molecular weight excluding hydrogens is 476 g/mol. The van der Waals surface area contributed by atoms with Crippen molar-refractivity contribution < 1.29 is 28.2 Å². The second-order valence-electron chi connectivity index (χ2n) is 10.5. The lowest BCUT2D eigenvalue weighted by atomic mass is 8.92. The van der Waals surface area contributed by atoms with Crippen molar-refractivity contribution in [3.8, 4) is 0 Å². The van der Waals surface area contributed by atoms with Crippen LogP contribution in [0, 0.1) is 64.9 Å². The number of hydrogen-bond donors (Lipinski definition) is 2. The van der Waals surface area contributed by atoms with Gasteiger partial charge in [-0.2, -0.15) is 0 Å². The molecule has 6 fully saturated rings. The Balaban J connectivity index is 1.31. The van der Waals surface area contributed by atoms with Gasteiger partial charge in [-0.1, -0.05) is 6.07 Å². The smallest absolute Gasteiger partial charge is 0.338 e. The third-order valence-corrected chi connectivity index (χ3v) is 11.0. The van der Waals surface area contributed by atoms with Crippen LogP contribution in [-0.4, -0.2) is 35.0 Å². The minimum absolute atomic E-state index is 0.0824. The quantitative estimate of drug-likeness (QED) is 0.619. The molecule has 0 bridgehead atoms. The van der Waals surface area contributed by atoms with Gasteiger partial charge in [0.15, 0.2) is 22.5 Å². The van der Waals surface area contributed by atoms with E-state index in [1.165, 1.54) is 31.4 Å². The van der Waals surface area contributed by atoms with Crippen LogP contribution in [0.3, 0.4) is 0 Å². The standard InChI is InChI=1S/C25H19F2N3O4S/c1-7-8(3-4-9(26)17(7)27)18-10(22(31)34-2)19(30-20(29-18)21-28-5-6-35-21)24-11-14-12(24)16-13(24)15(11)25(14,16)23(32)33/h3-6,11-16,18H,1-2H3,(H,29,30)(H,32,33). The van der Waals surface area contributed by atoms with Crippen LogP contribution in [0.25, 0.3) is 0 Å². The van der Waals surface area contributed by atoms with Crippen molar-refractivity contribution in [1.82, 2.24) is 10.3 Å². The van der Waals surface area contributed by atoms with Crippen LogP contribution in [0.5, 0.6) is 0 Å². The Bertz CT molecular complexity index is 1410. The lowest BCUT2D eigenvalue weighted by molar-refractivity contribution is -0.633. The van der Waals surface area contributed by atoms with E-state index in [1.54, 1.807) is 6.20 Å². The van der Waals surface area contributed by atoms with E-state index in [4.69, 9.17) is 9.73 Å². The highest BCUT2D eigenvalue weighted by atomic mass is 32.1. The van der Waals surface area contributed by atoms with Crippen molar-refractivity contribution in [2.75, 3.05) is 7.11 Å². The Morgan fingerprint density at radius 1 is 1.14 bits per heavy atom. The topological polar surface area (TPSA) is 101 Å². The van der Waals surface area contributed by atoms with E-state index in [0.717, 1.165) is 6.07 Å². The van der Waals surface area contributed by atoms with Crippen LogP contribution < -0.4 is 5.32 Å². The molecule has 2 heterocycles. The number of carbonyl (C=O) groups is 2. The predicted molar refractivity (Wildman–Crippen MR) is 118 cm³/mol. The van der Waals surface area contributed by atoms with Gasteiger partial charge < -0.3 is 15.2 Å². The maximum absolute atomic E-state index is 14.6. The first kappa shape index (κ1) is 20.1. The minimum Gasteiger partial charge on any atom is -0.481 e. The molecule has 1 aromatic carbocycles. The van der Waals surface area contributed by atoms with Crippen molar-refractivity contribution in [2.24, 2.45) is 51.3 Å².